The fraction of sp³-hybridized carbons (Fsp3) is 0.429. The molecule has 0 saturated heterocycles. The van der Waals surface area contributed by atoms with Crippen LogP contribution in [0.1, 0.15) is 30.9 Å². The van der Waals surface area contributed by atoms with Crippen LogP contribution < -0.4 is 5.32 Å². The van der Waals surface area contributed by atoms with Crippen molar-refractivity contribution in [2.24, 2.45) is 0 Å². The van der Waals surface area contributed by atoms with E-state index in [4.69, 9.17) is 5.26 Å². The molecule has 0 saturated carbocycles. The molecule has 96 valence electrons. The molecule has 0 spiro atoms. The number of unbranched alkanes of at least 4 members (excludes halogenated alkanes) is 1. The van der Waals surface area contributed by atoms with Crippen LogP contribution in [0.25, 0.3) is 0 Å². The number of benzene rings is 1. The summed E-state index contributed by atoms with van der Waals surface area (Å²) in [5, 5.41) is 11.8. The molecular weight excluding hydrogens is 244 g/mol. The van der Waals surface area contributed by atoms with Gasteiger partial charge in [-0.05, 0) is 18.1 Å². The minimum atomic E-state index is 0.0721. The van der Waals surface area contributed by atoms with E-state index >= 15 is 0 Å². The number of hydrogen-bond acceptors (Lipinski definition) is 3. The third kappa shape index (κ3) is 5.24. The van der Waals surface area contributed by atoms with Crippen molar-refractivity contribution in [1.82, 2.24) is 5.32 Å². The minimum absolute atomic E-state index is 0.0721. The van der Waals surface area contributed by atoms with E-state index < -0.39 is 0 Å². The molecule has 0 radical (unpaired) electrons. The Labute approximate surface area is 113 Å². The highest BCUT2D eigenvalue weighted by Crippen LogP contribution is 2.15. The summed E-state index contributed by atoms with van der Waals surface area (Å²) in [4.78, 5) is 11.5. The first-order valence-electron chi connectivity index (χ1n) is 6.10. The Morgan fingerprint density at radius 2 is 2.22 bits per heavy atom. The first kappa shape index (κ1) is 14.6. The van der Waals surface area contributed by atoms with Gasteiger partial charge < -0.3 is 5.32 Å². The highest BCUT2D eigenvalue weighted by Gasteiger charge is 2.04. The number of nitrogens with zero attached hydrogens (tertiary/aromatic N) is 1. The molecule has 0 aliphatic carbocycles. The smallest absolute Gasteiger partial charge is 0.230 e. The second kappa shape index (κ2) is 8.60. The van der Waals surface area contributed by atoms with Gasteiger partial charge in [-0.1, -0.05) is 31.5 Å². The van der Waals surface area contributed by atoms with Crippen LogP contribution >= 0.6 is 11.8 Å². The third-order valence-corrected chi connectivity index (χ3v) is 3.46. The van der Waals surface area contributed by atoms with Gasteiger partial charge in [0.2, 0.25) is 5.91 Å². The van der Waals surface area contributed by atoms with Gasteiger partial charge in [-0.15, -0.1) is 11.8 Å². The molecule has 3 nitrogen and oxygen atoms in total. The first-order chi connectivity index (χ1) is 8.77. The quantitative estimate of drug-likeness (QED) is 0.769. The molecule has 0 aliphatic rings. The Kier molecular flexibility index (Phi) is 6.97. The monoisotopic (exact) mass is 262 g/mol. The zero-order valence-electron chi connectivity index (χ0n) is 10.6. The van der Waals surface area contributed by atoms with Crippen LogP contribution in [0.3, 0.4) is 0 Å². The molecule has 1 rings (SSSR count). The summed E-state index contributed by atoms with van der Waals surface area (Å²) in [5.74, 6) is 1.22. The number of rotatable bonds is 7. The predicted octanol–water partition coefficient (Wildman–Crippen LogP) is 2.71. The summed E-state index contributed by atoms with van der Waals surface area (Å²) in [7, 11) is 0. The molecule has 0 atom stereocenters. The summed E-state index contributed by atoms with van der Waals surface area (Å²) in [6.07, 6.45) is 2.11. The molecule has 4 heteroatoms. The van der Waals surface area contributed by atoms with E-state index in [1.54, 1.807) is 6.07 Å². The van der Waals surface area contributed by atoms with Crippen LogP contribution in [0.5, 0.6) is 0 Å². The van der Waals surface area contributed by atoms with Crippen LogP contribution in [-0.4, -0.2) is 18.2 Å². The third-order valence-electron chi connectivity index (χ3n) is 2.48. The topological polar surface area (TPSA) is 52.9 Å². The normalized spacial score (nSPS) is 9.78. The highest BCUT2D eigenvalue weighted by atomic mass is 32.2. The lowest BCUT2D eigenvalue weighted by molar-refractivity contribution is -0.118. The zero-order chi connectivity index (χ0) is 13.2. The number of nitrogens with one attached hydrogen (secondary N) is 1. The Balaban J connectivity index is 2.29. The van der Waals surface area contributed by atoms with Crippen LogP contribution in [0, 0.1) is 11.3 Å². The van der Waals surface area contributed by atoms with Crippen LogP contribution in [-0.2, 0) is 10.5 Å². The van der Waals surface area contributed by atoms with Crippen LogP contribution in [0.15, 0.2) is 24.3 Å². The second-order valence-electron chi connectivity index (χ2n) is 3.97. The maximum Gasteiger partial charge on any atom is 0.230 e. The van der Waals surface area contributed by atoms with E-state index in [0.29, 0.717) is 17.1 Å². The molecule has 0 heterocycles. The van der Waals surface area contributed by atoms with E-state index in [-0.39, 0.29) is 5.91 Å². The van der Waals surface area contributed by atoms with Crippen molar-refractivity contribution in [1.29, 1.82) is 5.26 Å². The van der Waals surface area contributed by atoms with Crippen molar-refractivity contribution in [2.45, 2.75) is 25.5 Å². The Morgan fingerprint density at radius 1 is 1.44 bits per heavy atom. The molecule has 1 N–H and O–H groups in total. The molecule has 1 aromatic rings. The lowest BCUT2D eigenvalue weighted by Crippen LogP contribution is -2.26. The largest absolute Gasteiger partial charge is 0.355 e. The van der Waals surface area contributed by atoms with Crippen LogP contribution in [0.4, 0.5) is 0 Å². The number of carbonyl (C=O) groups is 1. The molecular formula is C14H18N2OS. The van der Waals surface area contributed by atoms with Gasteiger partial charge in [0, 0.05) is 12.3 Å². The molecule has 18 heavy (non-hydrogen) atoms. The van der Waals surface area contributed by atoms with Gasteiger partial charge in [-0.2, -0.15) is 5.26 Å². The number of thioether (sulfide) groups is 1. The Bertz CT molecular complexity index is 426. The number of carbonyl (C=O) groups excluding carboxylic acids is 1. The van der Waals surface area contributed by atoms with E-state index in [1.807, 2.05) is 18.2 Å². The maximum atomic E-state index is 11.5. The molecule has 0 aliphatic heterocycles. The fourth-order valence-electron chi connectivity index (χ4n) is 1.46. The van der Waals surface area contributed by atoms with E-state index in [0.717, 1.165) is 24.9 Å². The Hall–Kier alpha value is -1.47. The number of nitriles is 1. The van der Waals surface area contributed by atoms with Crippen molar-refractivity contribution in [3.8, 4) is 6.07 Å². The second-order valence-corrected chi connectivity index (χ2v) is 4.95. The summed E-state index contributed by atoms with van der Waals surface area (Å²) in [6, 6.07) is 9.66. The standard InChI is InChI=1S/C14H18N2OS/c1-2-3-8-16-14(17)11-18-10-13-7-5-4-6-12(13)9-15/h4-7H,2-3,8,10-11H2,1H3,(H,16,17). The first-order valence-corrected chi connectivity index (χ1v) is 7.25. The molecule has 0 unspecified atom stereocenters. The van der Waals surface area contributed by atoms with Crippen LogP contribution in [0.2, 0.25) is 0 Å². The number of hydrogen-bond donors (Lipinski definition) is 1. The molecule has 0 aromatic heterocycles. The summed E-state index contributed by atoms with van der Waals surface area (Å²) in [5.41, 5.74) is 1.68. The summed E-state index contributed by atoms with van der Waals surface area (Å²) >= 11 is 1.54. The van der Waals surface area contributed by atoms with Crippen molar-refractivity contribution in [3.63, 3.8) is 0 Å². The predicted molar refractivity (Wildman–Crippen MR) is 75.2 cm³/mol. The average Bonchev–Trinajstić information content (AvgIpc) is 2.39. The van der Waals surface area contributed by atoms with Gasteiger partial charge in [0.15, 0.2) is 0 Å². The summed E-state index contributed by atoms with van der Waals surface area (Å²) in [6.45, 7) is 2.85. The number of amides is 1. The maximum absolute atomic E-state index is 11.5. The van der Waals surface area contributed by atoms with Gasteiger partial charge in [0.1, 0.15) is 0 Å². The Morgan fingerprint density at radius 3 is 2.94 bits per heavy atom. The SMILES string of the molecule is CCCCNC(=O)CSCc1ccccc1C#N. The average molecular weight is 262 g/mol. The summed E-state index contributed by atoms with van der Waals surface area (Å²) < 4.78 is 0. The zero-order valence-corrected chi connectivity index (χ0v) is 11.4. The van der Waals surface area contributed by atoms with Gasteiger partial charge in [0.05, 0.1) is 17.4 Å². The van der Waals surface area contributed by atoms with Crippen molar-refractivity contribution < 1.29 is 4.79 Å². The van der Waals surface area contributed by atoms with E-state index in [1.165, 1.54) is 11.8 Å². The van der Waals surface area contributed by atoms with Crippen molar-refractivity contribution >= 4 is 17.7 Å². The lowest BCUT2D eigenvalue weighted by atomic mass is 10.1. The molecule has 0 bridgehead atoms. The fourth-order valence-corrected chi connectivity index (χ4v) is 2.33. The molecule has 1 aromatic carbocycles. The lowest BCUT2D eigenvalue weighted by Gasteiger charge is -2.05. The highest BCUT2D eigenvalue weighted by molar-refractivity contribution is 7.99. The van der Waals surface area contributed by atoms with Crippen molar-refractivity contribution in [3.05, 3.63) is 35.4 Å². The molecule has 0 fully saturated rings. The minimum Gasteiger partial charge on any atom is -0.355 e. The van der Waals surface area contributed by atoms with Gasteiger partial charge in [-0.25, -0.2) is 0 Å². The van der Waals surface area contributed by atoms with E-state index in [2.05, 4.69) is 18.3 Å². The van der Waals surface area contributed by atoms with Gasteiger partial charge in [0.25, 0.3) is 0 Å². The van der Waals surface area contributed by atoms with Gasteiger partial charge >= 0.3 is 0 Å². The van der Waals surface area contributed by atoms with Gasteiger partial charge in [-0.3, -0.25) is 4.79 Å². The van der Waals surface area contributed by atoms with E-state index in [9.17, 15) is 4.79 Å². The van der Waals surface area contributed by atoms with Crippen molar-refractivity contribution in [2.75, 3.05) is 12.3 Å². The molecule has 1 amide bonds.